The molecule has 0 rings (SSSR count). The zero-order valence-corrected chi connectivity index (χ0v) is 8.36. The van der Waals surface area contributed by atoms with Crippen LogP contribution < -0.4 is 18.1 Å². The Bertz CT molecular complexity index is 88.6. The van der Waals surface area contributed by atoms with Crippen LogP contribution in [-0.2, 0) is 0 Å². The summed E-state index contributed by atoms with van der Waals surface area (Å²) in [6.45, 7) is 5.65. The van der Waals surface area contributed by atoms with Gasteiger partial charge in [0.25, 0.3) is 0 Å². The number of nitrogens with two attached hydrogens (primary N) is 1. The largest absolute Gasteiger partial charge is 1.00 e. The van der Waals surface area contributed by atoms with Crippen molar-refractivity contribution < 1.29 is 17.5 Å². The normalized spacial score (nSPS) is 13.9. The summed E-state index contributed by atoms with van der Waals surface area (Å²) < 4.78 is 0. The first-order chi connectivity index (χ1) is 4.42. The maximum Gasteiger partial charge on any atom is 0.0591 e. The molecule has 0 aromatic rings. The Morgan fingerprint density at radius 3 is 2.18 bits per heavy atom. The fourth-order valence-corrected chi connectivity index (χ4v) is 0.857. The van der Waals surface area contributed by atoms with E-state index in [9.17, 15) is 5.11 Å². The van der Waals surface area contributed by atoms with Crippen molar-refractivity contribution in [2.75, 3.05) is 0 Å². The Balaban J connectivity index is 0. The van der Waals surface area contributed by atoms with Crippen molar-refractivity contribution in [2.24, 2.45) is 5.73 Å². The van der Waals surface area contributed by atoms with E-state index in [1.807, 2.05) is 20.8 Å². The van der Waals surface area contributed by atoms with Gasteiger partial charge < -0.3 is 23.2 Å². The molecule has 0 saturated heterocycles. The summed E-state index contributed by atoms with van der Waals surface area (Å²) >= 11 is 0. The van der Waals surface area contributed by atoms with Crippen LogP contribution >= 0.6 is 0 Å². The van der Waals surface area contributed by atoms with Crippen molar-refractivity contribution in [3.8, 4) is 0 Å². The van der Waals surface area contributed by atoms with Gasteiger partial charge in [0, 0.05) is 6.04 Å². The molecular weight excluding hydrogens is 162 g/mol. The fraction of sp³-hybridized carbons (Fsp3) is 1.00. The Hall–Kier alpha value is 0.210. The molecular formula is C8H19ClNO-. The van der Waals surface area contributed by atoms with Gasteiger partial charge in [-0.15, -0.1) is 0 Å². The predicted octanol–water partition coefficient (Wildman–Crippen LogP) is -1.72. The van der Waals surface area contributed by atoms with E-state index in [0.29, 0.717) is 0 Å². The van der Waals surface area contributed by atoms with Gasteiger partial charge in [0.15, 0.2) is 0 Å². The van der Waals surface area contributed by atoms with Crippen molar-refractivity contribution in [3.05, 3.63) is 0 Å². The van der Waals surface area contributed by atoms with E-state index in [-0.39, 0.29) is 18.4 Å². The molecule has 0 fully saturated rings. The number of rotatable bonds is 4. The maximum atomic E-state index is 9.29. The van der Waals surface area contributed by atoms with Crippen LogP contribution in [0.1, 0.15) is 40.0 Å². The predicted molar refractivity (Wildman–Crippen MR) is 43.8 cm³/mol. The Labute approximate surface area is 75.6 Å². The first-order valence-corrected chi connectivity index (χ1v) is 3.90. The molecule has 0 aliphatic carbocycles. The molecule has 70 valence electrons. The monoisotopic (exact) mass is 180 g/mol. The minimum absolute atomic E-state index is 0. The van der Waals surface area contributed by atoms with Crippen LogP contribution in [0, 0.1) is 0 Å². The van der Waals surface area contributed by atoms with Crippen molar-refractivity contribution >= 4 is 0 Å². The third-order valence-corrected chi connectivity index (χ3v) is 1.45. The molecule has 0 heterocycles. The summed E-state index contributed by atoms with van der Waals surface area (Å²) in [7, 11) is 0. The molecule has 2 nitrogen and oxygen atoms in total. The Kier molecular flexibility index (Phi) is 7.28. The summed E-state index contributed by atoms with van der Waals surface area (Å²) in [6.07, 6.45) is 2.86. The summed E-state index contributed by atoms with van der Waals surface area (Å²) in [4.78, 5) is 0. The standard InChI is InChI=1S/C8H19NO.ClH/c1-7(9)5-4-6-8(2,3)10;/h7,10H,4-6,9H2,1-3H3;1H/p-1. The molecule has 11 heavy (non-hydrogen) atoms. The second-order valence-corrected chi connectivity index (χ2v) is 3.68. The van der Waals surface area contributed by atoms with Crippen molar-refractivity contribution in [2.45, 2.75) is 51.7 Å². The van der Waals surface area contributed by atoms with Gasteiger partial charge in [-0.1, -0.05) is 0 Å². The van der Waals surface area contributed by atoms with Crippen molar-refractivity contribution in [1.29, 1.82) is 0 Å². The van der Waals surface area contributed by atoms with Crippen LogP contribution in [0.5, 0.6) is 0 Å². The van der Waals surface area contributed by atoms with Gasteiger partial charge in [0.05, 0.1) is 5.60 Å². The summed E-state index contributed by atoms with van der Waals surface area (Å²) in [5, 5.41) is 9.29. The first-order valence-electron chi connectivity index (χ1n) is 3.90. The SMILES string of the molecule is CC(N)CCCC(C)(C)O.[Cl-]. The Morgan fingerprint density at radius 2 is 1.91 bits per heavy atom. The van der Waals surface area contributed by atoms with E-state index >= 15 is 0 Å². The number of hydrogen-bond acceptors (Lipinski definition) is 2. The molecule has 0 amide bonds. The molecule has 0 spiro atoms. The second kappa shape index (κ2) is 5.81. The van der Waals surface area contributed by atoms with E-state index in [4.69, 9.17) is 5.73 Å². The molecule has 1 unspecified atom stereocenters. The van der Waals surface area contributed by atoms with E-state index < -0.39 is 5.60 Å². The van der Waals surface area contributed by atoms with Crippen LogP contribution in [0.15, 0.2) is 0 Å². The molecule has 0 aromatic carbocycles. The summed E-state index contributed by atoms with van der Waals surface area (Å²) in [5.41, 5.74) is 5.02. The highest BCUT2D eigenvalue weighted by molar-refractivity contribution is 4.65. The molecule has 1 atom stereocenters. The van der Waals surface area contributed by atoms with Crippen molar-refractivity contribution in [1.82, 2.24) is 0 Å². The molecule has 0 aliphatic heterocycles. The second-order valence-electron chi connectivity index (χ2n) is 3.68. The third-order valence-electron chi connectivity index (χ3n) is 1.45. The lowest BCUT2D eigenvalue weighted by molar-refractivity contribution is -0.0000122. The highest BCUT2D eigenvalue weighted by Crippen LogP contribution is 2.12. The molecule has 0 aliphatic rings. The molecule has 0 radical (unpaired) electrons. The average molecular weight is 181 g/mol. The zero-order chi connectivity index (χ0) is 8.20. The van der Waals surface area contributed by atoms with Gasteiger partial charge in [-0.05, 0) is 40.0 Å². The molecule has 3 heteroatoms. The minimum Gasteiger partial charge on any atom is -1.00 e. The van der Waals surface area contributed by atoms with Gasteiger partial charge in [-0.2, -0.15) is 0 Å². The van der Waals surface area contributed by atoms with Gasteiger partial charge in [0.2, 0.25) is 0 Å². The molecule has 3 N–H and O–H groups in total. The van der Waals surface area contributed by atoms with Crippen LogP contribution in [-0.4, -0.2) is 16.7 Å². The molecule has 0 aromatic heterocycles. The third kappa shape index (κ3) is 13.2. The van der Waals surface area contributed by atoms with Crippen LogP contribution in [0.2, 0.25) is 0 Å². The van der Waals surface area contributed by atoms with Crippen LogP contribution in [0.4, 0.5) is 0 Å². The smallest absolute Gasteiger partial charge is 0.0591 e. The lowest BCUT2D eigenvalue weighted by Crippen LogP contribution is -3.00. The van der Waals surface area contributed by atoms with Gasteiger partial charge in [0.1, 0.15) is 0 Å². The molecule has 0 bridgehead atoms. The van der Waals surface area contributed by atoms with Crippen molar-refractivity contribution in [3.63, 3.8) is 0 Å². The topological polar surface area (TPSA) is 46.2 Å². The van der Waals surface area contributed by atoms with Gasteiger partial charge >= 0.3 is 0 Å². The highest BCUT2D eigenvalue weighted by atomic mass is 35.5. The van der Waals surface area contributed by atoms with E-state index in [1.165, 1.54) is 0 Å². The quantitative estimate of drug-likeness (QED) is 0.541. The number of hydrogen-bond donors (Lipinski definition) is 2. The van der Waals surface area contributed by atoms with E-state index in [0.717, 1.165) is 19.3 Å². The number of halogens is 1. The molecule has 0 saturated carbocycles. The lowest BCUT2D eigenvalue weighted by atomic mass is 10.0. The van der Waals surface area contributed by atoms with E-state index in [2.05, 4.69) is 0 Å². The lowest BCUT2D eigenvalue weighted by Gasteiger charge is -2.16. The van der Waals surface area contributed by atoms with Gasteiger partial charge in [-0.25, -0.2) is 0 Å². The Morgan fingerprint density at radius 1 is 1.45 bits per heavy atom. The van der Waals surface area contributed by atoms with Crippen LogP contribution in [0.25, 0.3) is 0 Å². The zero-order valence-electron chi connectivity index (χ0n) is 7.60. The average Bonchev–Trinajstić information content (AvgIpc) is 1.59. The van der Waals surface area contributed by atoms with Gasteiger partial charge in [-0.3, -0.25) is 0 Å². The summed E-state index contributed by atoms with van der Waals surface area (Å²) in [6, 6.07) is 0.266. The van der Waals surface area contributed by atoms with Crippen LogP contribution in [0.3, 0.4) is 0 Å². The highest BCUT2D eigenvalue weighted by Gasteiger charge is 2.11. The minimum atomic E-state index is -0.519. The van der Waals surface area contributed by atoms with E-state index in [1.54, 1.807) is 0 Å². The fourth-order valence-electron chi connectivity index (χ4n) is 0.857. The first kappa shape index (κ1) is 13.8. The maximum absolute atomic E-state index is 9.29. The number of aliphatic hydroxyl groups is 1. The summed E-state index contributed by atoms with van der Waals surface area (Å²) in [5.74, 6) is 0.